The van der Waals surface area contributed by atoms with E-state index in [0.29, 0.717) is 17.7 Å². The molecule has 1 fully saturated rings. The van der Waals surface area contributed by atoms with Crippen LogP contribution in [0.2, 0.25) is 0 Å². The number of fused-ring (bicyclic) bond motifs is 1. The Morgan fingerprint density at radius 1 is 1.26 bits per heavy atom. The van der Waals surface area contributed by atoms with Gasteiger partial charge in [0.25, 0.3) is 0 Å². The zero-order valence-corrected chi connectivity index (χ0v) is 15.1. The molecule has 2 heterocycles. The summed E-state index contributed by atoms with van der Waals surface area (Å²) < 4.78 is 15.8. The van der Waals surface area contributed by atoms with Crippen LogP contribution < -0.4 is 0 Å². The number of carbonyl (C=O) groups is 1. The van der Waals surface area contributed by atoms with Crippen LogP contribution in [0.3, 0.4) is 0 Å². The number of aromatic nitrogens is 3. The van der Waals surface area contributed by atoms with Gasteiger partial charge in [-0.05, 0) is 42.2 Å². The number of halogens is 1. The second kappa shape index (κ2) is 7.47. The smallest absolute Gasteiger partial charge is 0.336 e. The number of benzene rings is 1. The van der Waals surface area contributed by atoms with Crippen LogP contribution >= 0.6 is 0 Å². The predicted molar refractivity (Wildman–Crippen MR) is 100 cm³/mol. The normalized spacial score (nSPS) is 14.9. The quantitative estimate of drug-likeness (QED) is 0.699. The van der Waals surface area contributed by atoms with Crippen molar-refractivity contribution < 1.29 is 14.3 Å². The molecule has 3 aromatic rings. The Labute approximate surface area is 156 Å². The van der Waals surface area contributed by atoms with Crippen LogP contribution in [0.4, 0.5) is 4.39 Å². The zero-order chi connectivity index (χ0) is 18.8. The number of aromatic carboxylic acids is 1. The van der Waals surface area contributed by atoms with Gasteiger partial charge in [0, 0.05) is 30.7 Å². The summed E-state index contributed by atoms with van der Waals surface area (Å²) >= 11 is 0. The van der Waals surface area contributed by atoms with Crippen molar-refractivity contribution in [2.45, 2.75) is 45.1 Å². The van der Waals surface area contributed by atoms with E-state index in [0.717, 1.165) is 29.8 Å². The largest absolute Gasteiger partial charge is 0.478 e. The highest BCUT2D eigenvalue weighted by Crippen LogP contribution is 2.29. The molecule has 0 atom stereocenters. The lowest BCUT2D eigenvalue weighted by molar-refractivity contribution is 0.0695. The second-order valence-corrected chi connectivity index (χ2v) is 7.29. The van der Waals surface area contributed by atoms with Gasteiger partial charge in [0.2, 0.25) is 0 Å². The first-order valence-electron chi connectivity index (χ1n) is 9.43. The predicted octanol–water partition coefficient (Wildman–Crippen LogP) is 4.44. The summed E-state index contributed by atoms with van der Waals surface area (Å²) in [5.41, 5.74) is 2.36. The molecule has 0 bridgehead atoms. The van der Waals surface area contributed by atoms with Gasteiger partial charge in [0.15, 0.2) is 0 Å². The molecule has 27 heavy (non-hydrogen) atoms. The van der Waals surface area contributed by atoms with E-state index in [1.54, 1.807) is 12.3 Å². The molecule has 2 aromatic heterocycles. The van der Waals surface area contributed by atoms with E-state index in [2.05, 4.69) is 4.98 Å². The molecule has 1 aliphatic carbocycles. The molecule has 0 unspecified atom stereocenters. The minimum Gasteiger partial charge on any atom is -0.478 e. The first-order valence-corrected chi connectivity index (χ1v) is 9.43. The zero-order valence-electron chi connectivity index (χ0n) is 15.1. The van der Waals surface area contributed by atoms with Gasteiger partial charge in [0.1, 0.15) is 5.82 Å². The van der Waals surface area contributed by atoms with Gasteiger partial charge >= 0.3 is 5.97 Å². The van der Waals surface area contributed by atoms with Gasteiger partial charge in [-0.3, -0.25) is 9.67 Å². The van der Waals surface area contributed by atoms with Crippen molar-refractivity contribution in [3.63, 3.8) is 0 Å². The SMILES string of the molecule is O=C(O)c1ccncc1Cc1nn(CCC2CCCC2)c2ccc(F)cc12. The van der Waals surface area contributed by atoms with Crippen LogP contribution in [0.5, 0.6) is 0 Å². The van der Waals surface area contributed by atoms with Crippen molar-refractivity contribution in [2.75, 3.05) is 0 Å². The van der Waals surface area contributed by atoms with Crippen molar-refractivity contribution in [3.05, 3.63) is 59.3 Å². The number of pyridine rings is 1. The molecule has 140 valence electrons. The summed E-state index contributed by atoms with van der Waals surface area (Å²) in [5.74, 6) is -0.572. The van der Waals surface area contributed by atoms with Crippen molar-refractivity contribution in [3.8, 4) is 0 Å². The molecule has 0 radical (unpaired) electrons. The topological polar surface area (TPSA) is 68.0 Å². The highest BCUT2D eigenvalue weighted by Gasteiger charge is 2.18. The molecule has 0 spiro atoms. The number of hydrogen-bond acceptors (Lipinski definition) is 3. The summed E-state index contributed by atoms with van der Waals surface area (Å²) in [6, 6.07) is 6.18. The summed E-state index contributed by atoms with van der Waals surface area (Å²) in [6.45, 7) is 0.797. The second-order valence-electron chi connectivity index (χ2n) is 7.29. The molecular formula is C21H22FN3O2. The first-order chi connectivity index (χ1) is 13.1. The highest BCUT2D eigenvalue weighted by molar-refractivity contribution is 5.89. The van der Waals surface area contributed by atoms with Crippen molar-refractivity contribution in [1.29, 1.82) is 0 Å². The van der Waals surface area contributed by atoms with E-state index in [-0.39, 0.29) is 11.4 Å². The Morgan fingerprint density at radius 2 is 2.07 bits per heavy atom. The Bertz CT molecular complexity index is 977. The Balaban J connectivity index is 1.67. The Morgan fingerprint density at radius 3 is 2.85 bits per heavy atom. The van der Waals surface area contributed by atoms with E-state index < -0.39 is 5.97 Å². The van der Waals surface area contributed by atoms with E-state index in [1.165, 1.54) is 50.1 Å². The van der Waals surface area contributed by atoms with Gasteiger partial charge in [-0.2, -0.15) is 5.10 Å². The molecule has 1 saturated carbocycles. The average molecular weight is 367 g/mol. The minimum absolute atomic E-state index is 0.204. The van der Waals surface area contributed by atoms with E-state index in [4.69, 9.17) is 5.10 Å². The molecule has 0 aliphatic heterocycles. The number of rotatable bonds is 6. The Kier molecular flexibility index (Phi) is 4.88. The molecule has 1 aliphatic rings. The first kappa shape index (κ1) is 17.6. The van der Waals surface area contributed by atoms with Crippen LogP contribution in [-0.4, -0.2) is 25.8 Å². The maximum atomic E-state index is 13.9. The number of nitrogens with zero attached hydrogens (tertiary/aromatic N) is 3. The number of hydrogen-bond donors (Lipinski definition) is 1. The fraction of sp³-hybridized carbons (Fsp3) is 0.381. The lowest BCUT2D eigenvalue weighted by Gasteiger charge is -2.09. The van der Waals surface area contributed by atoms with Crippen LogP contribution in [0.1, 0.15) is 53.7 Å². The van der Waals surface area contributed by atoms with Crippen molar-refractivity contribution >= 4 is 16.9 Å². The number of aryl methyl sites for hydroxylation is 1. The van der Waals surface area contributed by atoms with E-state index >= 15 is 0 Å². The van der Waals surface area contributed by atoms with Gasteiger partial charge in [-0.1, -0.05) is 25.7 Å². The van der Waals surface area contributed by atoms with Crippen LogP contribution in [0.25, 0.3) is 10.9 Å². The minimum atomic E-state index is -0.997. The standard InChI is InChI=1S/C21H22FN3O2/c22-16-5-6-20-18(12-16)19(11-15-13-23-9-7-17(15)21(26)27)24-25(20)10-8-14-3-1-2-4-14/h5-7,9,12-14H,1-4,8,10-11H2,(H,26,27). The number of carboxylic acid groups (broad SMARTS) is 1. The van der Waals surface area contributed by atoms with Gasteiger partial charge < -0.3 is 5.11 Å². The fourth-order valence-corrected chi connectivity index (χ4v) is 4.08. The molecule has 0 saturated heterocycles. The highest BCUT2D eigenvalue weighted by atomic mass is 19.1. The maximum Gasteiger partial charge on any atom is 0.336 e. The summed E-state index contributed by atoms with van der Waals surface area (Å²) in [7, 11) is 0. The third-order valence-corrected chi connectivity index (χ3v) is 5.50. The maximum absolute atomic E-state index is 13.9. The average Bonchev–Trinajstić information content (AvgIpc) is 3.28. The molecular weight excluding hydrogens is 345 g/mol. The van der Waals surface area contributed by atoms with Crippen molar-refractivity contribution in [1.82, 2.24) is 14.8 Å². The Hall–Kier alpha value is -2.76. The molecule has 0 amide bonds. The molecule has 1 aromatic carbocycles. The lowest BCUT2D eigenvalue weighted by atomic mass is 10.0. The van der Waals surface area contributed by atoms with Crippen molar-refractivity contribution in [2.24, 2.45) is 5.92 Å². The summed E-state index contributed by atoms with van der Waals surface area (Å²) in [4.78, 5) is 15.5. The molecule has 4 rings (SSSR count). The van der Waals surface area contributed by atoms with Crippen LogP contribution in [0.15, 0.2) is 36.7 Å². The number of carboxylic acids is 1. The molecule has 1 N–H and O–H groups in total. The fourth-order valence-electron chi connectivity index (χ4n) is 4.08. The molecule has 5 nitrogen and oxygen atoms in total. The summed E-state index contributed by atoms with van der Waals surface area (Å²) in [6.07, 6.45) is 9.56. The van der Waals surface area contributed by atoms with Gasteiger partial charge in [-0.25, -0.2) is 9.18 Å². The van der Waals surface area contributed by atoms with Gasteiger partial charge in [-0.15, -0.1) is 0 Å². The van der Waals surface area contributed by atoms with Crippen LogP contribution in [0, 0.1) is 11.7 Å². The summed E-state index contributed by atoms with van der Waals surface area (Å²) in [5, 5.41) is 14.9. The monoisotopic (exact) mass is 367 g/mol. The third-order valence-electron chi connectivity index (χ3n) is 5.50. The third kappa shape index (κ3) is 3.70. The lowest BCUT2D eigenvalue weighted by Crippen LogP contribution is -2.06. The van der Waals surface area contributed by atoms with E-state index in [9.17, 15) is 14.3 Å². The molecule has 6 heteroatoms. The van der Waals surface area contributed by atoms with Gasteiger partial charge in [0.05, 0.1) is 16.8 Å². The van der Waals surface area contributed by atoms with Crippen LogP contribution in [-0.2, 0) is 13.0 Å². The van der Waals surface area contributed by atoms with E-state index in [1.807, 2.05) is 4.68 Å².